The summed E-state index contributed by atoms with van der Waals surface area (Å²) in [5.74, 6) is 0.591. The summed E-state index contributed by atoms with van der Waals surface area (Å²) in [6, 6.07) is 0. The summed E-state index contributed by atoms with van der Waals surface area (Å²) in [5, 5.41) is 1.26. The van der Waals surface area contributed by atoms with Gasteiger partial charge in [0.05, 0.1) is 5.60 Å². The first-order valence-electron chi connectivity index (χ1n) is 12.4. The summed E-state index contributed by atoms with van der Waals surface area (Å²) in [6.45, 7) is 44.6. The molecular weight excluding hydrogens is 379 g/mol. The third-order valence-electron chi connectivity index (χ3n) is 8.34. The Bertz CT molecular complexity index is 574. The van der Waals surface area contributed by atoms with Crippen LogP contribution in [0.4, 0.5) is 0 Å². The smallest absolute Gasteiger partial charge is 0.467 e. The molecule has 1 saturated heterocycles. The minimum absolute atomic E-state index is 0.00347. The van der Waals surface area contributed by atoms with Crippen LogP contribution in [0, 0.1) is 38.4 Å². The normalized spacial score (nSPS) is 24.2. The second kappa shape index (κ2) is 7.50. The van der Waals surface area contributed by atoms with Gasteiger partial charge in [-0.25, -0.2) is 0 Å². The molecule has 0 aromatic heterocycles. The Morgan fingerprint density at radius 3 is 1.10 bits per heavy atom. The fraction of sp³-hybridized carbons (Fsp3) is 1.00. The van der Waals surface area contributed by atoms with Crippen LogP contribution >= 0.6 is 0 Å². The molecular formula is C28H57AlO. The van der Waals surface area contributed by atoms with Crippen LogP contribution in [-0.2, 0) is 3.79 Å². The molecule has 1 unspecified atom stereocenters. The molecule has 0 amide bonds. The predicted octanol–water partition coefficient (Wildman–Crippen LogP) is 9.38. The topological polar surface area (TPSA) is 9.23 Å². The van der Waals surface area contributed by atoms with Gasteiger partial charge >= 0.3 is 14.5 Å². The Kier molecular flexibility index (Phi) is 7.13. The van der Waals surface area contributed by atoms with E-state index in [1.807, 2.05) is 0 Å². The first-order valence-corrected chi connectivity index (χ1v) is 14.2. The Morgan fingerprint density at radius 1 is 0.567 bits per heavy atom. The van der Waals surface area contributed by atoms with Crippen LogP contribution in [0.1, 0.15) is 125 Å². The van der Waals surface area contributed by atoms with E-state index in [4.69, 9.17) is 3.79 Å². The summed E-state index contributed by atoms with van der Waals surface area (Å²) < 4.78 is 8.04. The molecule has 0 radical (unpaired) electrons. The molecule has 0 spiro atoms. The Balaban J connectivity index is 4.40. The van der Waals surface area contributed by atoms with Crippen LogP contribution in [0.5, 0.6) is 0 Å². The zero-order valence-corrected chi connectivity index (χ0v) is 25.4. The van der Waals surface area contributed by atoms with Gasteiger partial charge in [-0.2, -0.15) is 0 Å². The lowest BCUT2D eigenvalue weighted by Gasteiger charge is -2.78. The molecule has 0 saturated carbocycles. The minimum atomic E-state index is -1.52. The third kappa shape index (κ3) is 4.10. The quantitative estimate of drug-likeness (QED) is 0.344. The lowest BCUT2D eigenvalue weighted by molar-refractivity contribution is -0.318. The van der Waals surface area contributed by atoms with Crippen LogP contribution in [-0.4, -0.2) is 20.1 Å². The lowest BCUT2D eigenvalue weighted by Crippen LogP contribution is -2.80. The number of hydrogen-bond donors (Lipinski definition) is 0. The van der Waals surface area contributed by atoms with Gasteiger partial charge in [0.25, 0.3) is 0 Å². The molecule has 1 aliphatic heterocycles. The van der Waals surface area contributed by atoms with E-state index in [0.717, 1.165) is 0 Å². The highest BCUT2D eigenvalue weighted by Crippen LogP contribution is 2.76. The molecule has 1 atom stereocenters. The Hall–Kier alpha value is 0.492. The summed E-state index contributed by atoms with van der Waals surface area (Å²) in [7, 11) is 0. The van der Waals surface area contributed by atoms with Crippen molar-refractivity contribution in [3.05, 3.63) is 0 Å². The Morgan fingerprint density at radius 2 is 0.900 bits per heavy atom. The van der Waals surface area contributed by atoms with E-state index in [1.165, 1.54) is 5.28 Å². The monoisotopic (exact) mass is 436 g/mol. The maximum atomic E-state index is 7.80. The van der Waals surface area contributed by atoms with Crippen molar-refractivity contribution in [2.75, 3.05) is 0 Å². The van der Waals surface area contributed by atoms with Crippen LogP contribution < -0.4 is 0 Å². The minimum Gasteiger partial charge on any atom is -0.494 e. The van der Waals surface area contributed by atoms with E-state index < -0.39 is 14.5 Å². The number of rotatable bonds is 0. The van der Waals surface area contributed by atoms with Gasteiger partial charge in [-0.15, -0.1) is 0 Å². The molecule has 0 aromatic rings. The average Bonchev–Trinajstić information content (AvgIpc) is 2.38. The summed E-state index contributed by atoms with van der Waals surface area (Å²) in [6.07, 6.45) is 0. The van der Waals surface area contributed by atoms with Gasteiger partial charge in [0.1, 0.15) is 0 Å². The van der Waals surface area contributed by atoms with Crippen molar-refractivity contribution in [2.24, 2.45) is 38.4 Å². The van der Waals surface area contributed by atoms with E-state index in [2.05, 4.69) is 125 Å². The highest BCUT2D eigenvalue weighted by molar-refractivity contribution is 6.55. The molecule has 0 aromatic carbocycles. The van der Waals surface area contributed by atoms with Crippen molar-refractivity contribution in [2.45, 2.75) is 140 Å². The van der Waals surface area contributed by atoms with Crippen molar-refractivity contribution < 1.29 is 3.79 Å². The van der Waals surface area contributed by atoms with Crippen molar-refractivity contribution in [3.63, 3.8) is 0 Å². The lowest BCUT2D eigenvalue weighted by atomic mass is 9.33. The van der Waals surface area contributed by atoms with E-state index in [0.29, 0.717) is 5.92 Å². The fourth-order valence-electron chi connectivity index (χ4n) is 8.41. The zero-order chi connectivity index (χ0) is 24.6. The van der Waals surface area contributed by atoms with Crippen molar-refractivity contribution in [3.8, 4) is 0 Å². The third-order valence-corrected chi connectivity index (χ3v) is 11.8. The average molecular weight is 437 g/mol. The van der Waals surface area contributed by atoms with Gasteiger partial charge in [-0.1, -0.05) is 134 Å². The van der Waals surface area contributed by atoms with Crippen LogP contribution in [0.2, 0.25) is 9.56 Å². The van der Waals surface area contributed by atoms with Crippen LogP contribution in [0.15, 0.2) is 0 Å². The molecule has 1 aliphatic rings. The van der Waals surface area contributed by atoms with E-state index in [-0.39, 0.29) is 42.4 Å². The standard InChI is InChI=1S/C24H48O.C4H9.Al/c1-17(18(2,3)4)23(19(5,6)7,20(8,9)10)24(25,21(11,12)13)22(14,15)16;1-4(2)3;/h17H,1H2,2-16H3;1-3H3;/q-1;;+1. The molecule has 0 bridgehead atoms. The molecule has 0 aliphatic carbocycles. The first-order chi connectivity index (χ1) is 12.7. The predicted molar refractivity (Wildman–Crippen MR) is 137 cm³/mol. The highest BCUT2D eigenvalue weighted by Gasteiger charge is 2.77. The van der Waals surface area contributed by atoms with Gasteiger partial charge in [0, 0.05) is 5.41 Å². The molecule has 1 heterocycles. The maximum Gasteiger partial charge on any atom is 0.467 e. The van der Waals surface area contributed by atoms with Gasteiger partial charge in [0.2, 0.25) is 0 Å². The largest absolute Gasteiger partial charge is 0.494 e. The maximum absolute atomic E-state index is 7.80. The molecule has 30 heavy (non-hydrogen) atoms. The second-order valence-corrected chi connectivity index (χ2v) is 20.0. The Labute approximate surface area is 196 Å². The number of hydrogen-bond acceptors (Lipinski definition) is 1. The summed E-state index contributed by atoms with van der Waals surface area (Å²) in [5.41, 5.74) is 0.142. The summed E-state index contributed by atoms with van der Waals surface area (Å²) >= 11 is -1.52. The molecule has 1 rings (SSSR count). The molecule has 1 nitrogen and oxygen atoms in total. The molecule has 178 valence electrons. The van der Waals surface area contributed by atoms with Crippen molar-refractivity contribution in [1.29, 1.82) is 0 Å². The van der Waals surface area contributed by atoms with Crippen molar-refractivity contribution in [1.82, 2.24) is 0 Å². The highest BCUT2D eigenvalue weighted by atomic mass is 27.2. The van der Waals surface area contributed by atoms with E-state index in [9.17, 15) is 0 Å². The van der Waals surface area contributed by atoms with Crippen LogP contribution in [0.25, 0.3) is 0 Å². The fourth-order valence-corrected chi connectivity index (χ4v) is 12.4. The van der Waals surface area contributed by atoms with Gasteiger partial charge < -0.3 is 3.79 Å². The molecule has 1 fully saturated rings. The SMILES string of the molecule is CC(C)(C)C1[CH2][Al]([C](C)(C)C)[O]C(C(C)(C)C)(C(C)(C)C)C1(C(C)(C)C)C(C)(C)C. The molecule has 0 N–H and O–H groups in total. The second-order valence-electron chi connectivity index (χ2n) is 16.6. The van der Waals surface area contributed by atoms with E-state index >= 15 is 0 Å². The summed E-state index contributed by atoms with van der Waals surface area (Å²) in [4.78, 5) is 0. The van der Waals surface area contributed by atoms with Gasteiger partial charge in [-0.05, 0) is 33.0 Å². The molecule has 2 heteroatoms. The zero-order valence-electron chi connectivity index (χ0n) is 24.3. The van der Waals surface area contributed by atoms with Gasteiger partial charge in [0.15, 0.2) is 0 Å². The van der Waals surface area contributed by atoms with E-state index in [1.54, 1.807) is 0 Å². The van der Waals surface area contributed by atoms with Crippen molar-refractivity contribution >= 4 is 14.5 Å². The van der Waals surface area contributed by atoms with Crippen LogP contribution in [0.3, 0.4) is 0 Å². The van der Waals surface area contributed by atoms with Gasteiger partial charge in [-0.3, -0.25) is 0 Å². The first kappa shape index (κ1) is 28.5.